The molecule has 4 N–H and O–H groups in total. The van der Waals surface area contributed by atoms with Gasteiger partial charge in [-0.2, -0.15) is 0 Å². The number of anilines is 2. The first-order valence-electron chi connectivity index (χ1n) is 10.7. The summed E-state index contributed by atoms with van der Waals surface area (Å²) in [5, 5.41) is 15.2. The Labute approximate surface area is 190 Å². The number of fused-ring (bicyclic) bond motifs is 1. The molecule has 2 aromatic heterocycles. The highest BCUT2D eigenvalue weighted by Gasteiger charge is 2.32. The Morgan fingerprint density at radius 1 is 1.15 bits per heavy atom. The number of aromatic nitrogens is 2. The molecule has 0 bridgehead atoms. The molecule has 1 atom stereocenters. The Morgan fingerprint density at radius 3 is 2.58 bits per heavy atom. The van der Waals surface area contributed by atoms with Gasteiger partial charge in [0.05, 0.1) is 16.9 Å². The maximum atomic E-state index is 13.2. The van der Waals surface area contributed by atoms with E-state index in [0.29, 0.717) is 17.7 Å². The maximum Gasteiger partial charge on any atom is 0.407 e. The van der Waals surface area contributed by atoms with Crippen molar-refractivity contribution in [2.75, 3.05) is 18.9 Å². The Bertz CT molecular complexity index is 1160. The fourth-order valence-corrected chi connectivity index (χ4v) is 3.95. The number of ketones is 1. The highest BCUT2D eigenvalue weighted by molar-refractivity contribution is 6.08. The third kappa shape index (κ3) is 5.03. The predicted molar refractivity (Wildman–Crippen MR) is 124 cm³/mol. The van der Waals surface area contributed by atoms with Gasteiger partial charge >= 0.3 is 6.09 Å². The van der Waals surface area contributed by atoms with E-state index < -0.39 is 6.09 Å². The Hall–Kier alpha value is -4.14. The minimum Gasteiger partial charge on any atom is -0.465 e. The number of aromatic amines is 1. The molecule has 1 aromatic carbocycles. The molecule has 0 fully saturated rings. The summed E-state index contributed by atoms with van der Waals surface area (Å²) < 4.78 is 0. The Kier molecular flexibility index (Phi) is 6.39. The van der Waals surface area contributed by atoms with Crippen molar-refractivity contribution in [1.82, 2.24) is 20.2 Å². The number of benzene rings is 1. The zero-order valence-electron chi connectivity index (χ0n) is 18.2. The fourth-order valence-electron chi connectivity index (χ4n) is 3.95. The highest BCUT2D eigenvalue weighted by atomic mass is 16.4. The van der Waals surface area contributed by atoms with Crippen molar-refractivity contribution in [3.8, 4) is 11.3 Å². The smallest absolute Gasteiger partial charge is 0.407 e. The second-order valence-corrected chi connectivity index (χ2v) is 8.01. The molecular formula is C24H25N5O4. The first kappa shape index (κ1) is 22.1. The lowest BCUT2D eigenvalue weighted by atomic mass is 9.91. The Balaban J connectivity index is 1.58. The summed E-state index contributed by atoms with van der Waals surface area (Å²) in [6.45, 7) is 0.0902. The van der Waals surface area contributed by atoms with Crippen molar-refractivity contribution in [3.63, 3.8) is 0 Å². The molecule has 33 heavy (non-hydrogen) atoms. The number of amides is 2. The molecular weight excluding hydrogens is 422 g/mol. The average molecular weight is 447 g/mol. The maximum absolute atomic E-state index is 13.2. The molecule has 0 spiro atoms. The lowest BCUT2D eigenvalue weighted by Gasteiger charge is -2.23. The topological polar surface area (TPSA) is 127 Å². The minimum atomic E-state index is -1.09. The molecule has 2 amide bonds. The average Bonchev–Trinajstić information content (AvgIpc) is 3.17. The molecule has 0 saturated heterocycles. The molecule has 4 rings (SSSR count). The van der Waals surface area contributed by atoms with Gasteiger partial charge in [-0.3, -0.25) is 14.6 Å². The number of H-pyrrole nitrogens is 1. The van der Waals surface area contributed by atoms with Crippen LogP contribution in [0, 0.1) is 0 Å². The van der Waals surface area contributed by atoms with E-state index in [1.54, 1.807) is 12.4 Å². The molecule has 1 aliphatic rings. The molecule has 3 aromatic rings. The zero-order valence-corrected chi connectivity index (χ0v) is 18.2. The van der Waals surface area contributed by atoms with Gasteiger partial charge in [0.2, 0.25) is 5.91 Å². The number of para-hydroxylation sites is 1. The van der Waals surface area contributed by atoms with Crippen molar-refractivity contribution in [2.24, 2.45) is 0 Å². The summed E-state index contributed by atoms with van der Waals surface area (Å²) in [5.41, 5.74) is 4.60. The van der Waals surface area contributed by atoms with E-state index in [4.69, 9.17) is 5.11 Å². The minimum absolute atomic E-state index is 0.0359. The van der Waals surface area contributed by atoms with Crippen LogP contribution in [0.1, 0.15) is 28.9 Å². The first-order chi connectivity index (χ1) is 15.9. The van der Waals surface area contributed by atoms with Crippen LogP contribution in [-0.4, -0.2) is 57.4 Å². The molecule has 170 valence electrons. The monoisotopic (exact) mass is 447 g/mol. The van der Waals surface area contributed by atoms with Crippen LogP contribution in [0.2, 0.25) is 0 Å². The molecule has 0 saturated carbocycles. The van der Waals surface area contributed by atoms with Gasteiger partial charge in [0, 0.05) is 68.2 Å². The van der Waals surface area contributed by atoms with E-state index in [1.807, 2.05) is 42.5 Å². The molecule has 9 heteroatoms. The zero-order chi connectivity index (χ0) is 23.4. The van der Waals surface area contributed by atoms with Crippen LogP contribution in [-0.2, 0) is 11.2 Å². The molecule has 2 heterocycles. The van der Waals surface area contributed by atoms with E-state index in [2.05, 4.69) is 20.6 Å². The predicted octanol–water partition coefficient (Wildman–Crippen LogP) is 3.43. The molecule has 1 aliphatic carbocycles. The van der Waals surface area contributed by atoms with Gasteiger partial charge in [0.1, 0.15) is 0 Å². The SMILES string of the molecule is CN(CCC(=O)NC1CC(=O)c2c([nH]c(-c3ccncc3)c2Nc2ccccc2)C1)C(=O)O. The quantitative estimate of drug-likeness (QED) is 0.439. The molecule has 0 aliphatic heterocycles. The van der Waals surface area contributed by atoms with Crippen LogP contribution in [0.3, 0.4) is 0 Å². The van der Waals surface area contributed by atoms with Crippen LogP contribution in [0.5, 0.6) is 0 Å². The summed E-state index contributed by atoms with van der Waals surface area (Å²) in [7, 11) is 1.41. The van der Waals surface area contributed by atoms with Gasteiger partial charge < -0.3 is 25.6 Å². The van der Waals surface area contributed by atoms with Gasteiger partial charge in [-0.25, -0.2) is 4.79 Å². The molecule has 1 unspecified atom stereocenters. The van der Waals surface area contributed by atoms with Gasteiger partial charge in [0.15, 0.2) is 5.78 Å². The van der Waals surface area contributed by atoms with Gasteiger partial charge in [-0.05, 0) is 24.3 Å². The van der Waals surface area contributed by atoms with Crippen LogP contribution in [0.4, 0.5) is 16.2 Å². The van der Waals surface area contributed by atoms with Crippen LogP contribution in [0.25, 0.3) is 11.3 Å². The van der Waals surface area contributed by atoms with E-state index in [9.17, 15) is 14.4 Å². The third-order valence-electron chi connectivity index (χ3n) is 5.62. The van der Waals surface area contributed by atoms with Crippen molar-refractivity contribution in [1.29, 1.82) is 0 Å². The number of carbonyl (C=O) groups is 3. The van der Waals surface area contributed by atoms with E-state index in [0.717, 1.165) is 27.5 Å². The number of hydrogen-bond acceptors (Lipinski definition) is 5. The van der Waals surface area contributed by atoms with E-state index in [1.165, 1.54) is 7.05 Å². The summed E-state index contributed by atoms with van der Waals surface area (Å²) in [5.74, 6) is -0.355. The number of carboxylic acid groups (broad SMARTS) is 1. The van der Waals surface area contributed by atoms with Crippen molar-refractivity contribution < 1.29 is 19.5 Å². The Morgan fingerprint density at radius 2 is 1.88 bits per heavy atom. The van der Waals surface area contributed by atoms with E-state index in [-0.39, 0.29) is 37.1 Å². The van der Waals surface area contributed by atoms with Gasteiger partial charge in [-0.1, -0.05) is 18.2 Å². The van der Waals surface area contributed by atoms with Gasteiger partial charge in [-0.15, -0.1) is 0 Å². The van der Waals surface area contributed by atoms with Gasteiger partial charge in [0.25, 0.3) is 0 Å². The standard InChI is InChI=1S/C24H25N5O4/c1-29(24(32)33)12-9-20(31)26-17-13-18-21(19(30)14-17)23(27-16-5-3-2-4-6-16)22(28-18)15-7-10-25-11-8-15/h2-8,10-11,17,27-28H,9,12-14H2,1H3,(H,26,31)(H,32,33). The molecule has 0 radical (unpaired) electrons. The van der Waals surface area contributed by atoms with Crippen LogP contribution in [0.15, 0.2) is 54.9 Å². The fraction of sp³-hybridized carbons (Fsp3) is 0.250. The number of nitrogens with one attached hydrogen (secondary N) is 3. The van der Waals surface area contributed by atoms with E-state index >= 15 is 0 Å². The lowest BCUT2D eigenvalue weighted by molar-refractivity contribution is -0.121. The number of rotatable bonds is 7. The number of carbonyl (C=O) groups excluding carboxylic acids is 2. The molecule has 9 nitrogen and oxygen atoms in total. The first-order valence-corrected chi connectivity index (χ1v) is 10.7. The van der Waals surface area contributed by atoms with Crippen molar-refractivity contribution in [2.45, 2.75) is 25.3 Å². The van der Waals surface area contributed by atoms with Crippen molar-refractivity contribution in [3.05, 3.63) is 66.1 Å². The summed E-state index contributed by atoms with van der Waals surface area (Å²) >= 11 is 0. The number of hydrogen-bond donors (Lipinski definition) is 4. The number of nitrogens with zero attached hydrogens (tertiary/aromatic N) is 2. The lowest BCUT2D eigenvalue weighted by Crippen LogP contribution is -2.42. The summed E-state index contributed by atoms with van der Waals surface area (Å²) in [4.78, 5) is 44.9. The normalized spacial score (nSPS) is 14.9. The van der Waals surface area contributed by atoms with Crippen LogP contribution >= 0.6 is 0 Å². The second kappa shape index (κ2) is 9.56. The largest absolute Gasteiger partial charge is 0.465 e. The number of Topliss-reactive ketones (excluding diaryl/α,β-unsaturated/α-hetero) is 1. The van der Waals surface area contributed by atoms with Crippen LogP contribution < -0.4 is 10.6 Å². The third-order valence-corrected chi connectivity index (χ3v) is 5.62. The van der Waals surface area contributed by atoms with Crippen molar-refractivity contribution >= 4 is 29.2 Å². The second-order valence-electron chi connectivity index (χ2n) is 8.01. The summed E-state index contributed by atoms with van der Waals surface area (Å²) in [6, 6.07) is 13.0. The summed E-state index contributed by atoms with van der Waals surface area (Å²) in [6.07, 6.45) is 2.98. The number of pyridine rings is 1. The highest BCUT2D eigenvalue weighted by Crippen LogP contribution is 2.38.